The first-order chi connectivity index (χ1) is 10.8. The molecule has 0 radical (unpaired) electrons. The van der Waals surface area contributed by atoms with E-state index in [2.05, 4.69) is 83.9 Å². The number of hydrogen-bond acceptors (Lipinski definition) is 2. The Kier molecular flexibility index (Phi) is 4.45. The number of H-pyrrole nitrogens is 1. The highest BCUT2D eigenvalue weighted by Gasteiger charge is 2.12. The van der Waals surface area contributed by atoms with Crippen molar-refractivity contribution >= 4 is 16.7 Å². The second kappa shape index (κ2) is 6.67. The highest BCUT2D eigenvalue weighted by molar-refractivity contribution is 6.02. The van der Waals surface area contributed by atoms with Crippen molar-refractivity contribution in [2.24, 2.45) is 0 Å². The summed E-state index contributed by atoms with van der Waals surface area (Å²) in [5, 5.41) is 4.84. The van der Waals surface area contributed by atoms with Gasteiger partial charge in [0.2, 0.25) is 0 Å². The maximum absolute atomic E-state index is 3.57. The maximum atomic E-state index is 3.57. The quantitative estimate of drug-likeness (QED) is 0.667. The number of aromatic amines is 1. The van der Waals surface area contributed by atoms with Crippen molar-refractivity contribution in [2.75, 3.05) is 32.5 Å². The monoisotopic (exact) mass is 293 g/mol. The third-order valence-electron chi connectivity index (χ3n) is 3.85. The second-order valence-electron chi connectivity index (χ2n) is 5.87. The Morgan fingerprint density at radius 1 is 0.955 bits per heavy atom. The molecule has 0 aliphatic heterocycles. The van der Waals surface area contributed by atoms with Gasteiger partial charge in [0.1, 0.15) is 5.82 Å². The molecule has 0 fully saturated rings. The average molecular weight is 293 g/mol. The highest BCUT2D eigenvalue weighted by atomic mass is 15.1. The first-order valence-corrected chi connectivity index (χ1v) is 7.80. The van der Waals surface area contributed by atoms with Crippen LogP contribution in [0.5, 0.6) is 0 Å². The van der Waals surface area contributed by atoms with Crippen LogP contribution in [0.1, 0.15) is 6.42 Å². The number of benzene rings is 2. The Labute approximate surface area is 132 Å². The Balaban J connectivity index is 1.92. The van der Waals surface area contributed by atoms with Gasteiger partial charge in [0.05, 0.1) is 0 Å². The molecule has 0 atom stereocenters. The predicted octanol–water partition coefficient (Wildman–Crippen LogP) is 4.20. The molecule has 0 aliphatic rings. The third-order valence-corrected chi connectivity index (χ3v) is 3.85. The van der Waals surface area contributed by atoms with E-state index in [0.29, 0.717) is 0 Å². The van der Waals surface area contributed by atoms with E-state index in [1.54, 1.807) is 0 Å². The Morgan fingerprint density at radius 2 is 1.68 bits per heavy atom. The summed E-state index contributed by atoms with van der Waals surface area (Å²) in [7, 11) is 4.22. The molecular weight excluding hydrogens is 270 g/mol. The number of anilines is 1. The molecule has 2 N–H and O–H groups in total. The zero-order valence-electron chi connectivity index (χ0n) is 13.3. The summed E-state index contributed by atoms with van der Waals surface area (Å²) in [6.07, 6.45) is 1.12. The molecule has 0 aliphatic carbocycles. The van der Waals surface area contributed by atoms with E-state index < -0.39 is 0 Å². The number of rotatable bonds is 6. The third kappa shape index (κ3) is 3.15. The summed E-state index contributed by atoms with van der Waals surface area (Å²) in [6.45, 7) is 2.05. The van der Waals surface area contributed by atoms with Crippen LogP contribution < -0.4 is 5.32 Å². The second-order valence-corrected chi connectivity index (χ2v) is 5.87. The molecule has 3 aromatic rings. The van der Waals surface area contributed by atoms with Crippen LogP contribution in [0, 0.1) is 0 Å². The first-order valence-electron chi connectivity index (χ1n) is 7.80. The minimum Gasteiger partial charge on any atom is -0.371 e. The smallest absolute Gasteiger partial charge is 0.112 e. The van der Waals surface area contributed by atoms with Crippen LogP contribution in [-0.4, -0.2) is 37.1 Å². The van der Waals surface area contributed by atoms with Gasteiger partial charge in [-0.1, -0.05) is 48.5 Å². The molecule has 114 valence electrons. The molecule has 0 saturated heterocycles. The van der Waals surface area contributed by atoms with Gasteiger partial charge in [-0.3, -0.25) is 0 Å². The zero-order valence-corrected chi connectivity index (χ0v) is 13.3. The minimum absolute atomic E-state index is 0.963. The normalized spacial score (nSPS) is 11.2. The number of para-hydroxylation sites is 1. The van der Waals surface area contributed by atoms with E-state index in [9.17, 15) is 0 Å². The lowest BCUT2D eigenvalue weighted by Crippen LogP contribution is -2.16. The van der Waals surface area contributed by atoms with E-state index in [1.165, 1.54) is 22.0 Å². The van der Waals surface area contributed by atoms with Crippen LogP contribution >= 0.6 is 0 Å². The SMILES string of the molecule is CN(C)CCCNc1[nH]c2ccccc2c1-c1ccccc1. The number of fused-ring (bicyclic) bond motifs is 1. The van der Waals surface area contributed by atoms with E-state index >= 15 is 0 Å². The largest absolute Gasteiger partial charge is 0.371 e. The number of nitrogens with zero attached hydrogens (tertiary/aromatic N) is 1. The van der Waals surface area contributed by atoms with Crippen LogP contribution in [0.2, 0.25) is 0 Å². The molecule has 3 rings (SSSR count). The van der Waals surface area contributed by atoms with Gasteiger partial charge >= 0.3 is 0 Å². The standard InChI is InChI=1S/C19H23N3/c1-22(2)14-8-13-20-19-18(15-9-4-3-5-10-15)16-11-6-7-12-17(16)21-19/h3-7,9-12,20-21H,8,13-14H2,1-2H3. The van der Waals surface area contributed by atoms with Crippen molar-refractivity contribution in [3.63, 3.8) is 0 Å². The fourth-order valence-electron chi connectivity index (χ4n) is 2.79. The topological polar surface area (TPSA) is 31.1 Å². The molecule has 3 heteroatoms. The Hall–Kier alpha value is -2.26. The van der Waals surface area contributed by atoms with Crippen molar-refractivity contribution in [2.45, 2.75) is 6.42 Å². The van der Waals surface area contributed by atoms with Gasteiger partial charge in [-0.05, 0) is 38.7 Å². The highest BCUT2D eigenvalue weighted by Crippen LogP contribution is 2.35. The number of hydrogen-bond donors (Lipinski definition) is 2. The summed E-state index contributed by atoms with van der Waals surface area (Å²) < 4.78 is 0. The Bertz CT molecular complexity index is 729. The lowest BCUT2D eigenvalue weighted by molar-refractivity contribution is 0.405. The van der Waals surface area contributed by atoms with Crippen LogP contribution in [-0.2, 0) is 0 Å². The number of aromatic nitrogens is 1. The molecule has 0 spiro atoms. The molecule has 0 saturated carbocycles. The summed E-state index contributed by atoms with van der Waals surface area (Å²) in [5.74, 6) is 1.12. The van der Waals surface area contributed by atoms with Gasteiger partial charge in [-0.25, -0.2) is 0 Å². The van der Waals surface area contributed by atoms with Crippen LogP contribution in [0.25, 0.3) is 22.0 Å². The van der Waals surface area contributed by atoms with Crippen LogP contribution in [0.3, 0.4) is 0 Å². The molecule has 0 unspecified atom stereocenters. The zero-order chi connectivity index (χ0) is 15.4. The van der Waals surface area contributed by atoms with Gasteiger partial charge < -0.3 is 15.2 Å². The van der Waals surface area contributed by atoms with E-state index in [0.717, 1.165) is 25.3 Å². The summed E-state index contributed by atoms with van der Waals surface area (Å²) in [6, 6.07) is 19.1. The van der Waals surface area contributed by atoms with E-state index in [1.807, 2.05) is 0 Å². The van der Waals surface area contributed by atoms with Crippen molar-refractivity contribution in [1.29, 1.82) is 0 Å². The number of nitrogens with one attached hydrogen (secondary N) is 2. The molecular formula is C19H23N3. The van der Waals surface area contributed by atoms with Crippen LogP contribution in [0.15, 0.2) is 54.6 Å². The first kappa shape index (κ1) is 14.7. The molecule has 1 heterocycles. The van der Waals surface area contributed by atoms with E-state index in [-0.39, 0.29) is 0 Å². The van der Waals surface area contributed by atoms with Crippen LogP contribution in [0.4, 0.5) is 5.82 Å². The van der Waals surface area contributed by atoms with Gasteiger partial charge in [-0.2, -0.15) is 0 Å². The van der Waals surface area contributed by atoms with Gasteiger partial charge in [-0.15, -0.1) is 0 Å². The molecule has 3 nitrogen and oxygen atoms in total. The minimum atomic E-state index is 0.963. The van der Waals surface area contributed by atoms with Crippen molar-refractivity contribution in [3.8, 4) is 11.1 Å². The molecule has 0 amide bonds. The van der Waals surface area contributed by atoms with E-state index in [4.69, 9.17) is 0 Å². The lowest BCUT2D eigenvalue weighted by Gasteiger charge is -2.11. The van der Waals surface area contributed by atoms with Gasteiger partial charge in [0.15, 0.2) is 0 Å². The molecule has 0 bridgehead atoms. The molecule has 22 heavy (non-hydrogen) atoms. The predicted molar refractivity (Wildman–Crippen MR) is 95.4 cm³/mol. The van der Waals surface area contributed by atoms with Crippen molar-refractivity contribution < 1.29 is 0 Å². The lowest BCUT2D eigenvalue weighted by atomic mass is 10.0. The summed E-state index contributed by atoms with van der Waals surface area (Å²) in [5.41, 5.74) is 3.69. The fraction of sp³-hybridized carbons (Fsp3) is 0.263. The van der Waals surface area contributed by atoms with Crippen molar-refractivity contribution in [1.82, 2.24) is 9.88 Å². The Morgan fingerprint density at radius 3 is 2.45 bits per heavy atom. The van der Waals surface area contributed by atoms with Gasteiger partial charge in [0.25, 0.3) is 0 Å². The maximum Gasteiger partial charge on any atom is 0.112 e. The summed E-state index contributed by atoms with van der Waals surface area (Å²) >= 11 is 0. The molecule has 1 aromatic heterocycles. The average Bonchev–Trinajstić information content (AvgIpc) is 2.90. The molecule has 2 aromatic carbocycles. The fourth-order valence-corrected chi connectivity index (χ4v) is 2.79. The summed E-state index contributed by atoms with van der Waals surface area (Å²) in [4.78, 5) is 5.74. The van der Waals surface area contributed by atoms with Gasteiger partial charge in [0, 0.05) is 23.0 Å². The van der Waals surface area contributed by atoms with Crippen molar-refractivity contribution in [3.05, 3.63) is 54.6 Å².